The van der Waals surface area contributed by atoms with E-state index in [2.05, 4.69) is 45.3 Å². The van der Waals surface area contributed by atoms with Crippen LogP contribution in [0.25, 0.3) is 33.1 Å². The van der Waals surface area contributed by atoms with Gasteiger partial charge in [-0.1, -0.05) is 24.2 Å². The first-order valence-corrected chi connectivity index (χ1v) is 8.78. The van der Waals surface area contributed by atoms with Gasteiger partial charge in [-0.15, -0.1) is 0 Å². The van der Waals surface area contributed by atoms with Crippen LogP contribution in [-0.4, -0.2) is 24.9 Å². The molecular weight excluding hydrogens is 338 g/mol. The van der Waals surface area contributed by atoms with Crippen LogP contribution in [0.5, 0.6) is 0 Å². The van der Waals surface area contributed by atoms with Crippen LogP contribution in [0.4, 0.5) is 0 Å². The average Bonchev–Trinajstić information content (AvgIpc) is 3.33. The molecule has 4 heterocycles. The maximum Gasteiger partial charge on any atom is 0.258 e. The zero-order chi connectivity index (χ0) is 18.4. The van der Waals surface area contributed by atoms with Gasteiger partial charge in [-0.25, -0.2) is 4.98 Å². The predicted octanol–water partition coefficient (Wildman–Crippen LogP) is 4.32. The number of fused-ring (bicyclic) bond motifs is 2. The van der Waals surface area contributed by atoms with E-state index in [1.807, 2.05) is 43.8 Å². The lowest BCUT2D eigenvalue weighted by molar-refractivity contribution is 0.436. The number of benzene rings is 1. The molecule has 4 aromatic heterocycles. The minimum absolute atomic E-state index is 0.0514. The first-order valence-electron chi connectivity index (χ1n) is 8.78. The van der Waals surface area contributed by atoms with Crippen LogP contribution in [0, 0.1) is 0 Å². The summed E-state index contributed by atoms with van der Waals surface area (Å²) in [5.74, 6) is 0.0514. The highest BCUT2D eigenvalue weighted by molar-refractivity contribution is 5.94. The fraction of sp³-hybridized carbons (Fsp3) is 0.143. The van der Waals surface area contributed by atoms with Crippen molar-refractivity contribution in [3.05, 3.63) is 72.4 Å². The first kappa shape index (κ1) is 15.7. The molecule has 27 heavy (non-hydrogen) atoms. The molecule has 0 aliphatic heterocycles. The van der Waals surface area contributed by atoms with Crippen molar-refractivity contribution >= 4 is 22.0 Å². The summed E-state index contributed by atoms with van der Waals surface area (Å²) >= 11 is 0. The van der Waals surface area contributed by atoms with Gasteiger partial charge in [-0.05, 0) is 29.8 Å². The SMILES string of the molecule is C[C@@H](c1ccc2ncccc2c1)c1noc2nccc(-c3cnn(C)c3)c12. The number of aryl methyl sites for hydroxylation is 1. The number of hydrogen-bond donors (Lipinski definition) is 0. The molecule has 0 aliphatic carbocycles. The van der Waals surface area contributed by atoms with Crippen molar-refractivity contribution in [3.63, 3.8) is 0 Å². The molecule has 0 unspecified atom stereocenters. The first-order chi connectivity index (χ1) is 13.2. The number of rotatable bonds is 3. The Kier molecular flexibility index (Phi) is 3.50. The summed E-state index contributed by atoms with van der Waals surface area (Å²) in [4.78, 5) is 8.75. The van der Waals surface area contributed by atoms with Gasteiger partial charge in [0, 0.05) is 48.1 Å². The summed E-state index contributed by atoms with van der Waals surface area (Å²) in [5, 5.41) is 10.7. The van der Waals surface area contributed by atoms with Crippen molar-refractivity contribution in [2.75, 3.05) is 0 Å². The summed E-state index contributed by atoms with van der Waals surface area (Å²) in [5.41, 5.74) is 5.60. The van der Waals surface area contributed by atoms with E-state index >= 15 is 0 Å². The fourth-order valence-electron chi connectivity index (χ4n) is 3.52. The Labute approximate surface area is 155 Å². The van der Waals surface area contributed by atoms with Crippen LogP contribution in [-0.2, 0) is 7.05 Å². The highest BCUT2D eigenvalue weighted by Crippen LogP contribution is 2.36. The molecule has 0 saturated carbocycles. The third-order valence-corrected chi connectivity index (χ3v) is 4.96. The second-order valence-corrected chi connectivity index (χ2v) is 6.69. The second kappa shape index (κ2) is 6.02. The molecule has 0 bridgehead atoms. The standard InChI is InChI=1S/C21H17N5O/c1-13(14-5-6-18-15(10-14)4-3-8-22-18)20-19-17(16-11-24-26(2)12-16)7-9-23-21(19)27-25-20/h3-13H,1-2H3/t13-/m0/s1. The van der Waals surface area contributed by atoms with E-state index in [4.69, 9.17) is 4.52 Å². The lowest BCUT2D eigenvalue weighted by Crippen LogP contribution is -1.98. The zero-order valence-electron chi connectivity index (χ0n) is 15.0. The van der Waals surface area contributed by atoms with Gasteiger partial charge in [-0.2, -0.15) is 5.10 Å². The van der Waals surface area contributed by atoms with Crippen molar-refractivity contribution < 1.29 is 4.52 Å². The van der Waals surface area contributed by atoms with E-state index in [0.717, 1.165) is 38.7 Å². The fourth-order valence-corrected chi connectivity index (χ4v) is 3.52. The van der Waals surface area contributed by atoms with E-state index in [1.165, 1.54) is 0 Å². The highest BCUT2D eigenvalue weighted by Gasteiger charge is 2.21. The van der Waals surface area contributed by atoms with Gasteiger partial charge in [0.25, 0.3) is 5.71 Å². The van der Waals surface area contributed by atoms with Crippen LogP contribution < -0.4 is 0 Å². The maximum absolute atomic E-state index is 5.55. The second-order valence-electron chi connectivity index (χ2n) is 6.69. The number of pyridine rings is 2. The molecule has 0 aliphatic rings. The summed E-state index contributed by atoms with van der Waals surface area (Å²) in [6.07, 6.45) is 7.38. The monoisotopic (exact) mass is 355 g/mol. The molecule has 6 heteroatoms. The van der Waals surface area contributed by atoms with Crippen molar-refractivity contribution in [1.82, 2.24) is 24.9 Å². The Hall–Kier alpha value is -3.54. The Balaban J connectivity index is 1.67. The number of aromatic nitrogens is 5. The summed E-state index contributed by atoms with van der Waals surface area (Å²) in [7, 11) is 1.90. The van der Waals surface area contributed by atoms with Crippen molar-refractivity contribution in [3.8, 4) is 11.1 Å². The molecular formula is C21H17N5O. The van der Waals surface area contributed by atoms with Gasteiger partial charge in [0.15, 0.2) is 0 Å². The van der Waals surface area contributed by atoms with Gasteiger partial charge in [0.05, 0.1) is 17.1 Å². The van der Waals surface area contributed by atoms with Gasteiger partial charge in [0.1, 0.15) is 5.69 Å². The zero-order valence-corrected chi connectivity index (χ0v) is 15.0. The molecule has 1 atom stereocenters. The molecule has 0 spiro atoms. The third kappa shape index (κ3) is 2.57. The Bertz CT molecular complexity index is 1270. The predicted molar refractivity (Wildman–Crippen MR) is 103 cm³/mol. The highest BCUT2D eigenvalue weighted by atomic mass is 16.5. The third-order valence-electron chi connectivity index (χ3n) is 4.96. The van der Waals surface area contributed by atoms with Crippen LogP contribution in [0.1, 0.15) is 24.1 Å². The molecule has 0 fully saturated rings. The number of hydrogen-bond acceptors (Lipinski definition) is 5. The largest absolute Gasteiger partial charge is 0.335 e. The number of nitrogens with zero attached hydrogens (tertiary/aromatic N) is 5. The molecule has 0 saturated heterocycles. The Morgan fingerprint density at radius 1 is 1.07 bits per heavy atom. The molecule has 132 valence electrons. The topological polar surface area (TPSA) is 69.6 Å². The van der Waals surface area contributed by atoms with Gasteiger partial charge in [-0.3, -0.25) is 9.67 Å². The minimum atomic E-state index is 0.0514. The van der Waals surface area contributed by atoms with E-state index in [0.29, 0.717) is 5.71 Å². The average molecular weight is 355 g/mol. The summed E-state index contributed by atoms with van der Waals surface area (Å²) in [6.45, 7) is 2.13. The van der Waals surface area contributed by atoms with Gasteiger partial charge >= 0.3 is 0 Å². The van der Waals surface area contributed by atoms with Crippen LogP contribution >= 0.6 is 0 Å². The van der Waals surface area contributed by atoms with Crippen LogP contribution in [0.3, 0.4) is 0 Å². The molecule has 5 rings (SSSR count). The Morgan fingerprint density at radius 3 is 2.85 bits per heavy atom. The van der Waals surface area contributed by atoms with Crippen molar-refractivity contribution in [2.45, 2.75) is 12.8 Å². The van der Waals surface area contributed by atoms with Crippen molar-refractivity contribution in [1.29, 1.82) is 0 Å². The van der Waals surface area contributed by atoms with Gasteiger partial charge in [0.2, 0.25) is 0 Å². The maximum atomic E-state index is 5.55. The lowest BCUT2D eigenvalue weighted by atomic mass is 9.92. The smallest absolute Gasteiger partial charge is 0.258 e. The van der Waals surface area contributed by atoms with Crippen LogP contribution in [0.2, 0.25) is 0 Å². The lowest BCUT2D eigenvalue weighted by Gasteiger charge is -2.11. The molecule has 5 aromatic rings. The Morgan fingerprint density at radius 2 is 2.00 bits per heavy atom. The molecule has 0 radical (unpaired) electrons. The van der Waals surface area contributed by atoms with E-state index in [1.54, 1.807) is 10.9 Å². The van der Waals surface area contributed by atoms with Crippen molar-refractivity contribution in [2.24, 2.45) is 7.05 Å². The van der Waals surface area contributed by atoms with E-state index < -0.39 is 0 Å². The quantitative estimate of drug-likeness (QED) is 0.482. The summed E-state index contributed by atoms with van der Waals surface area (Å²) in [6, 6.07) is 12.3. The van der Waals surface area contributed by atoms with E-state index in [9.17, 15) is 0 Å². The van der Waals surface area contributed by atoms with Gasteiger partial charge < -0.3 is 4.52 Å². The molecule has 0 amide bonds. The molecule has 1 aromatic carbocycles. The minimum Gasteiger partial charge on any atom is -0.335 e. The van der Waals surface area contributed by atoms with Crippen LogP contribution in [0.15, 0.2) is 65.7 Å². The molecule has 6 nitrogen and oxygen atoms in total. The van der Waals surface area contributed by atoms with E-state index in [-0.39, 0.29) is 5.92 Å². The normalized spacial score (nSPS) is 12.7. The summed E-state index contributed by atoms with van der Waals surface area (Å²) < 4.78 is 7.33. The molecule has 0 N–H and O–H groups in total.